The Hall–Kier alpha value is -1.80. The summed E-state index contributed by atoms with van der Waals surface area (Å²) in [5.41, 5.74) is 5.27. The van der Waals surface area contributed by atoms with E-state index in [1.807, 2.05) is 0 Å². The second-order valence-corrected chi connectivity index (χ2v) is 6.10. The van der Waals surface area contributed by atoms with Gasteiger partial charge in [0.25, 0.3) is 0 Å². The summed E-state index contributed by atoms with van der Waals surface area (Å²) < 4.78 is 6.00. The molecule has 1 heterocycles. The molecule has 0 bridgehead atoms. The molecule has 1 unspecified atom stereocenters. The van der Waals surface area contributed by atoms with E-state index in [0.29, 0.717) is 6.04 Å². The summed E-state index contributed by atoms with van der Waals surface area (Å²) in [4.78, 5) is 0. The van der Waals surface area contributed by atoms with Gasteiger partial charge in [0.1, 0.15) is 11.9 Å². The van der Waals surface area contributed by atoms with Crippen LogP contribution in [0.4, 0.5) is 0 Å². The van der Waals surface area contributed by atoms with Crippen LogP contribution in [0.2, 0.25) is 0 Å². The smallest absolute Gasteiger partial charge is 0.123 e. The fourth-order valence-electron chi connectivity index (χ4n) is 2.84. The van der Waals surface area contributed by atoms with E-state index >= 15 is 0 Å². The molecule has 0 aliphatic carbocycles. The van der Waals surface area contributed by atoms with Crippen LogP contribution in [-0.2, 0) is 6.42 Å². The fraction of sp³-hybridized carbons (Fsp3) is 0.368. The van der Waals surface area contributed by atoms with Crippen LogP contribution in [0, 0.1) is 13.8 Å². The van der Waals surface area contributed by atoms with E-state index in [4.69, 9.17) is 4.74 Å². The standard InChI is InChI=1S/C19H23NO/c1-13-4-7-16(8-5-13)15(3)20-12-18-11-17-10-14(2)6-9-19(17)21-18/h4-10,15,18,20H,11-12H2,1-3H3/t15-,18?/m0/s1. The normalized spacial score (nSPS) is 18.1. The van der Waals surface area contributed by atoms with E-state index in [1.54, 1.807) is 0 Å². The van der Waals surface area contributed by atoms with Gasteiger partial charge in [0.15, 0.2) is 0 Å². The molecule has 0 saturated carbocycles. The van der Waals surface area contributed by atoms with Crippen molar-refractivity contribution in [1.29, 1.82) is 0 Å². The first-order chi connectivity index (χ1) is 10.1. The molecule has 2 atom stereocenters. The lowest BCUT2D eigenvalue weighted by Crippen LogP contribution is -2.31. The van der Waals surface area contributed by atoms with E-state index in [9.17, 15) is 0 Å². The van der Waals surface area contributed by atoms with Gasteiger partial charge >= 0.3 is 0 Å². The summed E-state index contributed by atoms with van der Waals surface area (Å²) in [6.07, 6.45) is 1.25. The zero-order valence-corrected chi connectivity index (χ0v) is 13.0. The summed E-state index contributed by atoms with van der Waals surface area (Å²) in [5.74, 6) is 1.05. The van der Waals surface area contributed by atoms with Crippen molar-refractivity contribution in [3.8, 4) is 5.75 Å². The molecule has 2 nitrogen and oxygen atoms in total. The molecule has 2 aromatic carbocycles. The van der Waals surface area contributed by atoms with Crippen molar-refractivity contribution < 1.29 is 4.74 Å². The van der Waals surface area contributed by atoms with Crippen molar-refractivity contribution in [2.24, 2.45) is 0 Å². The molecular weight excluding hydrogens is 258 g/mol. The highest BCUT2D eigenvalue weighted by Gasteiger charge is 2.23. The van der Waals surface area contributed by atoms with Gasteiger partial charge in [-0.1, -0.05) is 47.5 Å². The fourth-order valence-corrected chi connectivity index (χ4v) is 2.84. The van der Waals surface area contributed by atoms with E-state index in [1.165, 1.54) is 22.3 Å². The van der Waals surface area contributed by atoms with Crippen LogP contribution < -0.4 is 10.1 Å². The van der Waals surface area contributed by atoms with E-state index in [-0.39, 0.29) is 6.10 Å². The number of hydrogen-bond donors (Lipinski definition) is 1. The van der Waals surface area contributed by atoms with Crippen molar-refractivity contribution in [3.05, 3.63) is 64.7 Å². The lowest BCUT2D eigenvalue weighted by atomic mass is 10.1. The molecule has 21 heavy (non-hydrogen) atoms. The maximum absolute atomic E-state index is 6.00. The highest BCUT2D eigenvalue weighted by atomic mass is 16.5. The number of hydrogen-bond acceptors (Lipinski definition) is 2. The summed E-state index contributed by atoms with van der Waals surface area (Å²) in [6.45, 7) is 7.33. The summed E-state index contributed by atoms with van der Waals surface area (Å²) in [6, 6.07) is 15.5. The second kappa shape index (κ2) is 5.90. The molecule has 0 aromatic heterocycles. The average molecular weight is 281 g/mol. The zero-order valence-electron chi connectivity index (χ0n) is 13.0. The van der Waals surface area contributed by atoms with Crippen LogP contribution >= 0.6 is 0 Å². The molecule has 1 aliphatic rings. The third-order valence-electron chi connectivity index (χ3n) is 4.19. The summed E-state index contributed by atoms with van der Waals surface area (Å²) in [7, 11) is 0. The van der Waals surface area contributed by atoms with Crippen LogP contribution in [-0.4, -0.2) is 12.6 Å². The first kappa shape index (κ1) is 14.2. The van der Waals surface area contributed by atoms with Crippen molar-refractivity contribution in [2.45, 2.75) is 39.3 Å². The van der Waals surface area contributed by atoms with Crippen LogP contribution in [0.5, 0.6) is 5.75 Å². The maximum Gasteiger partial charge on any atom is 0.123 e. The molecule has 0 fully saturated rings. The number of benzene rings is 2. The van der Waals surface area contributed by atoms with Crippen molar-refractivity contribution >= 4 is 0 Å². The molecule has 0 spiro atoms. The van der Waals surface area contributed by atoms with Gasteiger partial charge in [0.05, 0.1) is 0 Å². The van der Waals surface area contributed by atoms with Crippen LogP contribution in [0.15, 0.2) is 42.5 Å². The van der Waals surface area contributed by atoms with Crippen LogP contribution in [0.25, 0.3) is 0 Å². The number of ether oxygens (including phenoxy) is 1. The van der Waals surface area contributed by atoms with Gasteiger partial charge < -0.3 is 10.1 Å². The van der Waals surface area contributed by atoms with E-state index < -0.39 is 0 Å². The highest BCUT2D eigenvalue weighted by molar-refractivity contribution is 5.40. The van der Waals surface area contributed by atoms with Gasteiger partial charge in [-0.2, -0.15) is 0 Å². The number of nitrogens with one attached hydrogen (secondary N) is 1. The predicted octanol–water partition coefficient (Wildman–Crippen LogP) is 3.96. The second-order valence-electron chi connectivity index (χ2n) is 6.10. The zero-order chi connectivity index (χ0) is 14.8. The predicted molar refractivity (Wildman–Crippen MR) is 86.9 cm³/mol. The Balaban J connectivity index is 1.56. The Kier molecular flexibility index (Phi) is 3.98. The molecule has 0 radical (unpaired) electrons. The van der Waals surface area contributed by atoms with Gasteiger partial charge in [-0.3, -0.25) is 0 Å². The van der Waals surface area contributed by atoms with Crippen molar-refractivity contribution in [1.82, 2.24) is 5.32 Å². The third-order valence-corrected chi connectivity index (χ3v) is 4.19. The first-order valence-corrected chi connectivity index (χ1v) is 7.68. The van der Waals surface area contributed by atoms with E-state index in [2.05, 4.69) is 68.6 Å². The van der Waals surface area contributed by atoms with Crippen molar-refractivity contribution in [2.75, 3.05) is 6.54 Å². The third kappa shape index (κ3) is 3.27. The molecule has 2 aromatic rings. The SMILES string of the molecule is Cc1ccc([C@H](C)NCC2Cc3cc(C)ccc3O2)cc1. The minimum absolute atomic E-state index is 0.245. The largest absolute Gasteiger partial charge is 0.488 e. The molecule has 1 aliphatic heterocycles. The van der Waals surface area contributed by atoms with Gasteiger partial charge in [0.2, 0.25) is 0 Å². The Labute approximate surface area is 127 Å². The molecule has 0 saturated heterocycles. The van der Waals surface area contributed by atoms with Gasteiger partial charge in [-0.05, 0) is 38.0 Å². The quantitative estimate of drug-likeness (QED) is 0.916. The summed E-state index contributed by atoms with van der Waals surface area (Å²) in [5, 5.41) is 3.58. The van der Waals surface area contributed by atoms with E-state index in [0.717, 1.165) is 18.7 Å². The first-order valence-electron chi connectivity index (χ1n) is 7.68. The van der Waals surface area contributed by atoms with Crippen LogP contribution in [0.1, 0.15) is 35.2 Å². The number of fused-ring (bicyclic) bond motifs is 1. The minimum Gasteiger partial charge on any atom is -0.488 e. The molecular formula is C19H23NO. The maximum atomic E-state index is 6.00. The lowest BCUT2D eigenvalue weighted by Gasteiger charge is -2.18. The Bertz CT molecular complexity index is 618. The van der Waals surface area contributed by atoms with Gasteiger partial charge in [-0.15, -0.1) is 0 Å². The highest BCUT2D eigenvalue weighted by Crippen LogP contribution is 2.29. The molecule has 110 valence electrons. The Morgan fingerprint density at radius 2 is 1.81 bits per heavy atom. The van der Waals surface area contributed by atoms with Crippen molar-refractivity contribution in [3.63, 3.8) is 0 Å². The molecule has 2 heteroatoms. The number of aryl methyl sites for hydroxylation is 2. The van der Waals surface area contributed by atoms with Crippen LogP contribution in [0.3, 0.4) is 0 Å². The van der Waals surface area contributed by atoms with Gasteiger partial charge in [-0.25, -0.2) is 0 Å². The molecule has 3 rings (SSSR count). The average Bonchev–Trinajstić information content (AvgIpc) is 2.87. The number of rotatable bonds is 4. The minimum atomic E-state index is 0.245. The Morgan fingerprint density at radius 3 is 2.57 bits per heavy atom. The molecule has 0 amide bonds. The molecule has 1 N–H and O–H groups in total. The van der Waals surface area contributed by atoms with Gasteiger partial charge in [0, 0.05) is 19.0 Å². The topological polar surface area (TPSA) is 21.3 Å². The lowest BCUT2D eigenvalue weighted by molar-refractivity contribution is 0.222. The summed E-state index contributed by atoms with van der Waals surface area (Å²) >= 11 is 0. The Morgan fingerprint density at radius 1 is 1.10 bits per heavy atom. The monoisotopic (exact) mass is 281 g/mol.